The number of carbonyl (C=O) groups excluding carboxylic acids is 4. The Bertz CT molecular complexity index is 2020. The number of nitro benzene ring substituents is 1. The van der Waals surface area contributed by atoms with Gasteiger partial charge in [-0.15, -0.1) is 0 Å². The molecule has 2 bridgehead atoms. The van der Waals surface area contributed by atoms with Gasteiger partial charge in [0.2, 0.25) is 17.6 Å². The highest BCUT2D eigenvalue weighted by Gasteiger charge is 2.67. The van der Waals surface area contributed by atoms with Crippen molar-refractivity contribution in [1.82, 2.24) is 4.98 Å². The summed E-state index contributed by atoms with van der Waals surface area (Å²) in [7, 11) is 0. The summed E-state index contributed by atoms with van der Waals surface area (Å²) in [6.45, 7) is -0.611. The van der Waals surface area contributed by atoms with E-state index >= 15 is 0 Å². The molecule has 0 radical (unpaired) electrons. The molecule has 11 heteroatoms. The second-order valence-electron chi connectivity index (χ2n) is 12.2. The van der Waals surface area contributed by atoms with E-state index in [1.807, 2.05) is 0 Å². The van der Waals surface area contributed by atoms with Gasteiger partial charge < -0.3 is 4.74 Å². The van der Waals surface area contributed by atoms with Crippen LogP contribution in [0.3, 0.4) is 0 Å². The Morgan fingerprint density at radius 1 is 0.935 bits per heavy atom. The summed E-state index contributed by atoms with van der Waals surface area (Å²) >= 11 is 3.43. The number of aromatic nitrogens is 1. The summed E-state index contributed by atoms with van der Waals surface area (Å²) < 4.78 is 6.10. The minimum Gasteiger partial charge on any atom is -0.454 e. The molecule has 46 heavy (non-hydrogen) atoms. The Morgan fingerprint density at radius 2 is 1.63 bits per heavy atom. The molecule has 6 unspecified atom stereocenters. The number of nitro groups is 1. The molecule has 2 saturated carbocycles. The number of rotatable bonds is 7. The minimum atomic E-state index is -0.765. The Balaban J connectivity index is 1.06. The number of amides is 2. The summed E-state index contributed by atoms with van der Waals surface area (Å²) in [5.74, 6) is -0.863. The van der Waals surface area contributed by atoms with E-state index < -0.39 is 23.3 Å². The number of pyridine rings is 1. The van der Waals surface area contributed by atoms with Gasteiger partial charge in [-0.3, -0.25) is 29.4 Å². The number of halogens is 1. The normalized spacial score (nSPS) is 25.4. The zero-order valence-electron chi connectivity index (χ0n) is 24.0. The van der Waals surface area contributed by atoms with Crippen molar-refractivity contribution in [1.29, 1.82) is 0 Å². The largest absolute Gasteiger partial charge is 0.454 e. The molecule has 4 aromatic rings. The van der Waals surface area contributed by atoms with Crippen molar-refractivity contribution in [2.75, 3.05) is 11.5 Å². The SMILES string of the molecule is O=C(COC(=O)c1cc(-c2ccc(N3C(=O)C4C5C=CC(C6CC56)C4C3=O)cc2)nc2ccc(Br)cc12)c1cccc([N+](=O)[O-])c1. The first-order valence-electron chi connectivity index (χ1n) is 14.9. The van der Waals surface area contributed by atoms with Gasteiger partial charge in [0.1, 0.15) is 0 Å². The number of nitrogens with zero attached hydrogens (tertiary/aromatic N) is 3. The van der Waals surface area contributed by atoms with Crippen molar-refractivity contribution in [3.05, 3.63) is 111 Å². The highest BCUT2D eigenvalue weighted by molar-refractivity contribution is 9.10. The van der Waals surface area contributed by atoms with Gasteiger partial charge in [0.05, 0.1) is 39.2 Å². The fourth-order valence-electron chi connectivity index (χ4n) is 7.59. The number of imide groups is 1. The van der Waals surface area contributed by atoms with Gasteiger partial charge in [0.25, 0.3) is 5.69 Å². The molecule has 1 saturated heterocycles. The van der Waals surface area contributed by atoms with Crippen molar-refractivity contribution in [2.45, 2.75) is 6.42 Å². The number of Topliss-reactive ketones (excluding diaryl/α,β-unsaturated/α-hetero) is 1. The van der Waals surface area contributed by atoms with Gasteiger partial charge in [-0.25, -0.2) is 9.78 Å². The predicted octanol–water partition coefficient (Wildman–Crippen LogP) is 6.17. The standard InChI is InChI=1S/C35H24BrN3O7/c36-19-6-11-28-26(13-19)27(35(43)46-16-30(40)18-2-1-3-21(12-18)39(44)45)15-29(37-28)17-4-7-20(8-5-17)38-33(41)31-22-9-10-23(25-14-24(22)25)32(31)34(38)42/h1-13,15,22-25,31-32H,14,16H2. The predicted molar refractivity (Wildman–Crippen MR) is 170 cm³/mol. The van der Waals surface area contributed by atoms with Crippen LogP contribution in [-0.4, -0.2) is 40.1 Å². The molecule has 6 atom stereocenters. The minimum absolute atomic E-state index is 0.0556. The van der Waals surface area contributed by atoms with E-state index in [4.69, 9.17) is 9.72 Å². The number of carbonyl (C=O) groups is 4. The van der Waals surface area contributed by atoms with Crippen LogP contribution in [0.15, 0.2) is 89.4 Å². The van der Waals surface area contributed by atoms with Gasteiger partial charge in [-0.05, 0) is 66.5 Å². The van der Waals surface area contributed by atoms with Crippen molar-refractivity contribution in [2.24, 2.45) is 35.5 Å². The first-order valence-corrected chi connectivity index (χ1v) is 15.7. The number of ether oxygens (including phenoxy) is 1. The first kappa shape index (κ1) is 28.4. The van der Waals surface area contributed by atoms with E-state index in [1.54, 1.807) is 48.5 Å². The van der Waals surface area contributed by atoms with Crippen LogP contribution >= 0.6 is 15.9 Å². The maximum Gasteiger partial charge on any atom is 0.339 e. The molecule has 5 aliphatic rings. The van der Waals surface area contributed by atoms with Crippen molar-refractivity contribution in [3.8, 4) is 11.3 Å². The third-order valence-electron chi connectivity index (χ3n) is 9.79. The molecule has 3 fully saturated rings. The molecule has 228 valence electrons. The molecule has 2 amide bonds. The molecule has 9 rings (SSSR count). The van der Waals surface area contributed by atoms with E-state index in [0.29, 0.717) is 44.2 Å². The lowest BCUT2D eigenvalue weighted by Crippen LogP contribution is -2.40. The lowest BCUT2D eigenvalue weighted by molar-refractivity contribution is -0.384. The van der Waals surface area contributed by atoms with Gasteiger partial charge in [0, 0.05) is 33.1 Å². The van der Waals surface area contributed by atoms with Crippen LogP contribution in [0.5, 0.6) is 0 Å². The maximum absolute atomic E-state index is 13.5. The Morgan fingerprint density at radius 3 is 2.30 bits per heavy atom. The maximum atomic E-state index is 13.5. The van der Waals surface area contributed by atoms with Crippen LogP contribution in [0.4, 0.5) is 11.4 Å². The van der Waals surface area contributed by atoms with Gasteiger partial charge in [0.15, 0.2) is 6.61 Å². The van der Waals surface area contributed by atoms with Crippen LogP contribution in [0.25, 0.3) is 22.2 Å². The number of allylic oxidation sites excluding steroid dienone is 2. The number of hydrogen-bond donors (Lipinski definition) is 0. The molecule has 2 heterocycles. The summed E-state index contributed by atoms with van der Waals surface area (Å²) in [6, 6.07) is 19.0. The molecular weight excluding hydrogens is 654 g/mol. The number of anilines is 1. The second-order valence-corrected chi connectivity index (χ2v) is 13.2. The number of fused-ring (bicyclic) bond motifs is 1. The summed E-state index contributed by atoms with van der Waals surface area (Å²) in [4.78, 5) is 69.7. The smallest absolute Gasteiger partial charge is 0.339 e. The number of hydrogen-bond acceptors (Lipinski definition) is 8. The number of non-ortho nitro benzene ring substituents is 1. The Labute approximate surface area is 270 Å². The molecule has 0 spiro atoms. The topological polar surface area (TPSA) is 137 Å². The third kappa shape index (κ3) is 4.48. The Kier molecular flexibility index (Phi) is 6.50. The van der Waals surface area contributed by atoms with Crippen molar-refractivity contribution < 1.29 is 28.8 Å². The van der Waals surface area contributed by atoms with Gasteiger partial charge in [-0.2, -0.15) is 0 Å². The van der Waals surface area contributed by atoms with Crippen LogP contribution in [0.1, 0.15) is 27.1 Å². The molecular formula is C35H24BrN3O7. The fourth-order valence-corrected chi connectivity index (χ4v) is 7.95. The lowest BCUT2D eigenvalue weighted by Gasteiger charge is -2.37. The average Bonchev–Trinajstić information content (AvgIpc) is 3.85. The molecule has 4 aliphatic carbocycles. The summed E-state index contributed by atoms with van der Waals surface area (Å²) in [6.07, 6.45) is 5.39. The zero-order valence-corrected chi connectivity index (χ0v) is 25.6. The molecule has 10 nitrogen and oxygen atoms in total. The van der Waals surface area contributed by atoms with E-state index in [9.17, 15) is 29.3 Å². The quantitative estimate of drug-likeness (QED) is 0.0566. The van der Waals surface area contributed by atoms with Crippen LogP contribution in [0.2, 0.25) is 0 Å². The molecule has 1 aliphatic heterocycles. The Hall–Kier alpha value is -5.03. The van der Waals surface area contributed by atoms with Crippen LogP contribution < -0.4 is 4.90 Å². The van der Waals surface area contributed by atoms with E-state index in [2.05, 4.69) is 28.1 Å². The van der Waals surface area contributed by atoms with E-state index in [1.165, 1.54) is 23.1 Å². The molecule has 0 N–H and O–H groups in total. The van der Waals surface area contributed by atoms with Gasteiger partial charge >= 0.3 is 5.97 Å². The van der Waals surface area contributed by atoms with Crippen LogP contribution in [-0.2, 0) is 14.3 Å². The highest BCUT2D eigenvalue weighted by atomic mass is 79.9. The van der Waals surface area contributed by atoms with Crippen molar-refractivity contribution >= 4 is 61.8 Å². The number of benzene rings is 3. The number of ketones is 1. The highest BCUT2D eigenvalue weighted by Crippen LogP contribution is 2.65. The van der Waals surface area contributed by atoms with E-state index in [0.717, 1.165) is 12.5 Å². The average molecular weight is 678 g/mol. The summed E-state index contributed by atoms with van der Waals surface area (Å²) in [5, 5.41) is 11.6. The third-order valence-corrected chi connectivity index (χ3v) is 10.3. The second kappa shape index (κ2) is 10.5. The zero-order chi connectivity index (χ0) is 31.9. The lowest BCUT2D eigenvalue weighted by atomic mass is 9.63. The number of esters is 1. The fraction of sp³-hybridized carbons (Fsp3) is 0.229. The van der Waals surface area contributed by atoms with Crippen molar-refractivity contribution in [3.63, 3.8) is 0 Å². The monoisotopic (exact) mass is 677 g/mol. The van der Waals surface area contributed by atoms with Gasteiger partial charge in [-0.1, -0.05) is 52.3 Å². The molecule has 3 aromatic carbocycles. The van der Waals surface area contributed by atoms with E-state index in [-0.39, 0.29) is 52.3 Å². The molecule has 1 aromatic heterocycles. The first-order chi connectivity index (χ1) is 22.2. The van der Waals surface area contributed by atoms with Crippen LogP contribution in [0, 0.1) is 45.6 Å². The summed E-state index contributed by atoms with van der Waals surface area (Å²) in [5.41, 5.74) is 2.11.